The van der Waals surface area contributed by atoms with E-state index in [9.17, 15) is 13.2 Å². The third-order valence-corrected chi connectivity index (χ3v) is 6.94. The summed E-state index contributed by atoms with van der Waals surface area (Å²) in [6.07, 6.45) is 1.21. The second-order valence-corrected chi connectivity index (χ2v) is 9.09. The normalized spacial score (nSPS) is 17.2. The van der Waals surface area contributed by atoms with Gasteiger partial charge in [0.1, 0.15) is 0 Å². The Bertz CT molecular complexity index is 635. The quantitative estimate of drug-likeness (QED) is 0.790. The predicted molar refractivity (Wildman–Crippen MR) is 95.9 cm³/mol. The summed E-state index contributed by atoms with van der Waals surface area (Å²) >= 11 is 0. The Labute approximate surface area is 145 Å². The van der Waals surface area contributed by atoms with E-state index in [0.717, 1.165) is 5.56 Å². The molecular formula is C18H28N2O3S. The smallest absolute Gasteiger partial charge is 0.226 e. The molecule has 1 aromatic rings. The highest BCUT2D eigenvalue weighted by molar-refractivity contribution is 7.89. The molecule has 0 saturated carbocycles. The molecule has 1 aliphatic rings. The number of benzene rings is 1. The van der Waals surface area contributed by atoms with Crippen LogP contribution in [0, 0.1) is 5.92 Å². The molecule has 24 heavy (non-hydrogen) atoms. The first-order chi connectivity index (χ1) is 11.4. The van der Waals surface area contributed by atoms with Gasteiger partial charge >= 0.3 is 0 Å². The van der Waals surface area contributed by atoms with Crippen molar-refractivity contribution in [2.75, 3.05) is 19.6 Å². The molecule has 1 heterocycles. The van der Waals surface area contributed by atoms with Crippen molar-refractivity contribution in [3.63, 3.8) is 0 Å². The van der Waals surface area contributed by atoms with Crippen LogP contribution < -0.4 is 0 Å². The summed E-state index contributed by atoms with van der Waals surface area (Å²) in [5.41, 5.74) is 1.12. The SMILES string of the molecule is CCN(Cc1ccccc1)C(=O)C1CCN(S(=O)(=O)C(C)C)CC1. The minimum Gasteiger partial charge on any atom is -0.338 e. The molecule has 1 saturated heterocycles. The first kappa shape index (κ1) is 18.9. The maximum Gasteiger partial charge on any atom is 0.226 e. The highest BCUT2D eigenvalue weighted by Gasteiger charge is 2.33. The van der Waals surface area contributed by atoms with Gasteiger partial charge in [-0.05, 0) is 39.2 Å². The van der Waals surface area contributed by atoms with E-state index in [4.69, 9.17) is 0 Å². The third-order valence-electron chi connectivity index (χ3n) is 4.67. The molecular weight excluding hydrogens is 324 g/mol. The molecule has 0 atom stereocenters. The van der Waals surface area contributed by atoms with Crippen LogP contribution in [0.4, 0.5) is 0 Å². The van der Waals surface area contributed by atoms with E-state index < -0.39 is 15.3 Å². The monoisotopic (exact) mass is 352 g/mol. The largest absolute Gasteiger partial charge is 0.338 e. The van der Waals surface area contributed by atoms with Crippen LogP contribution in [0.15, 0.2) is 30.3 Å². The van der Waals surface area contributed by atoms with Gasteiger partial charge in [-0.2, -0.15) is 0 Å². The van der Waals surface area contributed by atoms with Gasteiger partial charge in [0.2, 0.25) is 15.9 Å². The van der Waals surface area contributed by atoms with Crippen molar-refractivity contribution in [1.29, 1.82) is 0 Å². The molecule has 1 aromatic carbocycles. The molecule has 0 spiro atoms. The minimum absolute atomic E-state index is 0.0766. The summed E-state index contributed by atoms with van der Waals surface area (Å²) in [6.45, 7) is 7.55. The molecule has 0 aromatic heterocycles. The zero-order valence-electron chi connectivity index (χ0n) is 14.8. The molecule has 5 nitrogen and oxygen atoms in total. The van der Waals surface area contributed by atoms with E-state index >= 15 is 0 Å². The van der Waals surface area contributed by atoms with Crippen LogP contribution in [0.2, 0.25) is 0 Å². The third kappa shape index (κ3) is 4.36. The number of carbonyl (C=O) groups excluding carboxylic acids is 1. The minimum atomic E-state index is -3.22. The zero-order valence-corrected chi connectivity index (χ0v) is 15.6. The Morgan fingerprint density at radius 1 is 1.21 bits per heavy atom. The summed E-state index contributed by atoms with van der Waals surface area (Å²) in [6, 6.07) is 9.96. The molecule has 134 valence electrons. The Hall–Kier alpha value is -1.40. The van der Waals surface area contributed by atoms with Gasteiger partial charge in [-0.15, -0.1) is 0 Å². The number of hydrogen-bond donors (Lipinski definition) is 0. The van der Waals surface area contributed by atoms with Gasteiger partial charge < -0.3 is 4.90 Å². The molecule has 0 unspecified atom stereocenters. The van der Waals surface area contributed by atoms with Crippen molar-refractivity contribution in [2.45, 2.75) is 45.4 Å². The molecule has 0 bridgehead atoms. The Kier molecular flexibility index (Phi) is 6.40. The van der Waals surface area contributed by atoms with Crippen molar-refractivity contribution in [3.8, 4) is 0 Å². The van der Waals surface area contributed by atoms with Crippen molar-refractivity contribution in [2.24, 2.45) is 5.92 Å². The lowest BCUT2D eigenvalue weighted by Crippen LogP contribution is -2.45. The fourth-order valence-electron chi connectivity index (χ4n) is 3.06. The molecule has 1 fully saturated rings. The average Bonchev–Trinajstić information content (AvgIpc) is 2.60. The summed E-state index contributed by atoms with van der Waals surface area (Å²) in [7, 11) is -3.22. The van der Waals surface area contributed by atoms with Crippen molar-refractivity contribution in [3.05, 3.63) is 35.9 Å². The number of hydrogen-bond acceptors (Lipinski definition) is 3. The van der Waals surface area contributed by atoms with Gasteiger partial charge in [0.15, 0.2) is 0 Å². The number of sulfonamides is 1. The van der Waals surface area contributed by atoms with E-state index in [2.05, 4.69) is 0 Å². The summed E-state index contributed by atoms with van der Waals surface area (Å²) < 4.78 is 26.0. The maximum atomic E-state index is 12.8. The molecule has 0 radical (unpaired) electrons. The summed E-state index contributed by atoms with van der Waals surface area (Å²) in [5.74, 6) is 0.0650. The Morgan fingerprint density at radius 3 is 2.29 bits per heavy atom. The highest BCUT2D eigenvalue weighted by atomic mass is 32.2. The van der Waals surface area contributed by atoms with Gasteiger partial charge in [0.25, 0.3) is 0 Å². The topological polar surface area (TPSA) is 57.7 Å². The van der Waals surface area contributed by atoms with Crippen LogP contribution >= 0.6 is 0 Å². The number of nitrogens with zero attached hydrogens (tertiary/aromatic N) is 2. The fourth-order valence-corrected chi connectivity index (χ4v) is 4.38. The van der Waals surface area contributed by atoms with Crippen LogP contribution in [-0.2, 0) is 21.4 Å². The number of carbonyl (C=O) groups is 1. The van der Waals surface area contributed by atoms with Crippen LogP contribution in [0.25, 0.3) is 0 Å². The summed E-state index contributed by atoms with van der Waals surface area (Å²) in [5, 5.41) is -0.407. The second kappa shape index (κ2) is 8.12. The van der Waals surface area contributed by atoms with Crippen LogP contribution in [0.1, 0.15) is 39.2 Å². The van der Waals surface area contributed by atoms with Gasteiger partial charge in [-0.25, -0.2) is 12.7 Å². The molecule has 1 aliphatic heterocycles. The second-order valence-electron chi connectivity index (χ2n) is 6.61. The number of rotatable bonds is 6. The van der Waals surface area contributed by atoms with Gasteiger partial charge in [0.05, 0.1) is 5.25 Å². The number of piperidine rings is 1. The van der Waals surface area contributed by atoms with Crippen molar-refractivity contribution >= 4 is 15.9 Å². The summed E-state index contributed by atoms with van der Waals surface area (Å²) in [4.78, 5) is 14.6. The van der Waals surface area contributed by atoms with Crippen LogP contribution in [0.5, 0.6) is 0 Å². The van der Waals surface area contributed by atoms with Crippen LogP contribution in [0.3, 0.4) is 0 Å². The molecule has 0 N–H and O–H groups in total. The molecule has 0 aliphatic carbocycles. The lowest BCUT2D eigenvalue weighted by atomic mass is 9.96. The Balaban J connectivity index is 1.96. The molecule has 1 amide bonds. The van der Waals surface area contributed by atoms with Crippen molar-refractivity contribution < 1.29 is 13.2 Å². The predicted octanol–water partition coefficient (Wildman–Crippen LogP) is 2.49. The van der Waals surface area contributed by atoms with Gasteiger partial charge in [-0.1, -0.05) is 30.3 Å². The average molecular weight is 353 g/mol. The highest BCUT2D eigenvalue weighted by Crippen LogP contribution is 2.24. The van der Waals surface area contributed by atoms with E-state index in [1.165, 1.54) is 4.31 Å². The van der Waals surface area contributed by atoms with E-state index in [-0.39, 0.29) is 11.8 Å². The molecule has 2 rings (SSSR count). The van der Waals surface area contributed by atoms with Crippen LogP contribution in [-0.4, -0.2) is 48.4 Å². The Morgan fingerprint density at radius 2 is 1.79 bits per heavy atom. The van der Waals surface area contributed by atoms with E-state index in [0.29, 0.717) is 39.0 Å². The van der Waals surface area contributed by atoms with Gasteiger partial charge in [0, 0.05) is 32.1 Å². The standard InChI is InChI=1S/C18H28N2O3S/c1-4-19(14-16-8-6-5-7-9-16)18(21)17-10-12-20(13-11-17)24(22,23)15(2)3/h5-9,15,17H,4,10-14H2,1-3H3. The lowest BCUT2D eigenvalue weighted by molar-refractivity contribution is -0.137. The fraction of sp³-hybridized carbons (Fsp3) is 0.611. The number of amides is 1. The van der Waals surface area contributed by atoms with E-state index in [1.54, 1.807) is 13.8 Å². The first-order valence-corrected chi connectivity index (χ1v) is 10.2. The zero-order chi connectivity index (χ0) is 17.7. The van der Waals surface area contributed by atoms with Gasteiger partial charge in [-0.3, -0.25) is 4.79 Å². The maximum absolute atomic E-state index is 12.8. The first-order valence-electron chi connectivity index (χ1n) is 8.68. The molecule has 6 heteroatoms. The van der Waals surface area contributed by atoms with E-state index in [1.807, 2.05) is 42.2 Å². The van der Waals surface area contributed by atoms with Crippen molar-refractivity contribution in [1.82, 2.24) is 9.21 Å². The lowest BCUT2D eigenvalue weighted by Gasteiger charge is -2.34.